The molecule has 1 aromatic heterocycles. The molecule has 7 nitrogen and oxygen atoms in total. The molecule has 0 radical (unpaired) electrons. The maximum Gasteiger partial charge on any atom is 0.296 e. The highest BCUT2D eigenvalue weighted by Gasteiger charge is 2.46. The zero-order valence-corrected chi connectivity index (χ0v) is 20.9. The smallest absolute Gasteiger partial charge is 0.296 e. The van der Waals surface area contributed by atoms with Crippen LogP contribution in [0.2, 0.25) is 15.1 Å². The van der Waals surface area contributed by atoms with E-state index in [9.17, 15) is 14.7 Å². The number of Topliss-reactive ketones (excluding diaryl/α,β-unsaturated/α-hetero) is 1. The van der Waals surface area contributed by atoms with Gasteiger partial charge in [-0.05, 0) is 35.9 Å². The number of rotatable bonds is 6. The number of benzene rings is 2. The highest BCUT2D eigenvalue weighted by atomic mass is 35.5. The first-order valence-electron chi connectivity index (χ1n) is 10.3. The summed E-state index contributed by atoms with van der Waals surface area (Å²) in [5.74, 6) is -1.97. The van der Waals surface area contributed by atoms with Crippen molar-refractivity contribution < 1.29 is 24.2 Å². The third kappa shape index (κ3) is 4.55. The number of aliphatic hydroxyl groups excluding tert-OH is 1. The number of hydrogen-bond acceptors (Lipinski definition) is 6. The summed E-state index contributed by atoms with van der Waals surface area (Å²) >= 11 is 18.8. The Hall–Kier alpha value is -3.26. The van der Waals surface area contributed by atoms with E-state index < -0.39 is 23.5 Å². The van der Waals surface area contributed by atoms with E-state index in [4.69, 9.17) is 44.3 Å². The van der Waals surface area contributed by atoms with Crippen molar-refractivity contribution in [3.05, 3.63) is 92.2 Å². The van der Waals surface area contributed by atoms with Crippen molar-refractivity contribution in [3.63, 3.8) is 0 Å². The number of ether oxygens (including phenoxy) is 2. The summed E-state index contributed by atoms with van der Waals surface area (Å²) in [7, 11) is 2.73. The van der Waals surface area contributed by atoms with Crippen LogP contribution in [0, 0.1) is 0 Å². The molecule has 0 aliphatic carbocycles. The summed E-state index contributed by atoms with van der Waals surface area (Å²) in [4.78, 5) is 32.1. The largest absolute Gasteiger partial charge is 0.507 e. The summed E-state index contributed by atoms with van der Waals surface area (Å²) < 4.78 is 10.6. The molecule has 180 valence electrons. The molecule has 1 saturated heterocycles. The highest BCUT2D eigenvalue weighted by molar-refractivity contribution is 6.47. The van der Waals surface area contributed by atoms with Crippen LogP contribution in [0.4, 0.5) is 0 Å². The van der Waals surface area contributed by atoms with Gasteiger partial charge in [0.2, 0.25) is 0 Å². The molecule has 1 unspecified atom stereocenters. The minimum Gasteiger partial charge on any atom is -0.507 e. The van der Waals surface area contributed by atoms with Crippen LogP contribution in [0.1, 0.15) is 22.9 Å². The Balaban J connectivity index is 1.94. The molecule has 0 spiro atoms. The number of aromatic nitrogens is 1. The molecule has 0 bridgehead atoms. The van der Waals surface area contributed by atoms with E-state index >= 15 is 0 Å². The number of carbonyl (C=O) groups is 2. The maximum atomic E-state index is 13.3. The average molecular weight is 534 g/mol. The molecule has 4 rings (SSSR count). The molecule has 1 aliphatic rings. The molecule has 3 aromatic rings. The van der Waals surface area contributed by atoms with Gasteiger partial charge in [0, 0.05) is 11.2 Å². The van der Waals surface area contributed by atoms with Gasteiger partial charge in [-0.3, -0.25) is 14.6 Å². The van der Waals surface area contributed by atoms with Crippen LogP contribution in [-0.4, -0.2) is 40.9 Å². The third-order valence-electron chi connectivity index (χ3n) is 5.58. The van der Waals surface area contributed by atoms with E-state index in [0.29, 0.717) is 16.3 Å². The molecule has 35 heavy (non-hydrogen) atoms. The molecule has 10 heteroatoms. The molecular formula is C25H19Cl3N2O5. The van der Waals surface area contributed by atoms with Crippen LogP contribution in [-0.2, 0) is 16.1 Å². The van der Waals surface area contributed by atoms with Gasteiger partial charge in [0.25, 0.3) is 11.7 Å². The number of amides is 1. The predicted octanol–water partition coefficient (Wildman–Crippen LogP) is 5.68. The van der Waals surface area contributed by atoms with Crippen molar-refractivity contribution >= 4 is 52.3 Å². The lowest BCUT2D eigenvalue weighted by molar-refractivity contribution is -0.140. The second-order valence-corrected chi connectivity index (χ2v) is 8.81. The van der Waals surface area contributed by atoms with Crippen LogP contribution in [0.3, 0.4) is 0 Å². The maximum absolute atomic E-state index is 13.3. The molecule has 1 atom stereocenters. The molecular weight excluding hydrogens is 515 g/mol. The SMILES string of the molecule is COc1c(Cl)cc(/C(O)=C2\C(=O)C(=O)N(Cc3ccccn3)C2c2ccc(Cl)cc2)c(OC)c1Cl. The van der Waals surface area contributed by atoms with Gasteiger partial charge in [-0.25, -0.2) is 0 Å². The lowest BCUT2D eigenvalue weighted by Crippen LogP contribution is -2.29. The summed E-state index contributed by atoms with van der Waals surface area (Å²) in [6.07, 6.45) is 1.59. The first-order chi connectivity index (χ1) is 16.8. The number of likely N-dealkylation sites (tertiary alicyclic amines) is 1. The Morgan fingerprint density at radius 3 is 2.31 bits per heavy atom. The topological polar surface area (TPSA) is 89.0 Å². The average Bonchev–Trinajstić information content (AvgIpc) is 3.09. The first-order valence-corrected chi connectivity index (χ1v) is 11.5. The lowest BCUT2D eigenvalue weighted by Gasteiger charge is -2.25. The minimum absolute atomic E-state index is 0.00908. The quantitative estimate of drug-likeness (QED) is 0.249. The summed E-state index contributed by atoms with van der Waals surface area (Å²) in [6.45, 7) is 0.0384. The Kier molecular flexibility index (Phi) is 7.21. The second kappa shape index (κ2) is 10.2. The predicted molar refractivity (Wildman–Crippen MR) is 133 cm³/mol. The number of hydrogen-bond donors (Lipinski definition) is 1. The zero-order chi connectivity index (χ0) is 25.3. The fraction of sp³-hybridized carbons (Fsp3) is 0.160. The number of ketones is 1. The Bertz CT molecular complexity index is 1330. The van der Waals surface area contributed by atoms with E-state index in [1.807, 2.05) is 0 Å². The third-order valence-corrected chi connectivity index (χ3v) is 6.45. The summed E-state index contributed by atoms with van der Waals surface area (Å²) in [5, 5.41) is 12.0. The second-order valence-electron chi connectivity index (χ2n) is 7.59. The van der Waals surface area contributed by atoms with E-state index in [2.05, 4.69) is 4.98 Å². The van der Waals surface area contributed by atoms with E-state index in [1.165, 1.54) is 25.2 Å². The van der Waals surface area contributed by atoms with E-state index in [0.717, 1.165) is 0 Å². The molecule has 1 fully saturated rings. The van der Waals surface area contributed by atoms with Crippen molar-refractivity contribution in [1.82, 2.24) is 9.88 Å². The summed E-state index contributed by atoms with van der Waals surface area (Å²) in [5.41, 5.74) is 1.03. The van der Waals surface area contributed by atoms with Crippen LogP contribution in [0.5, 0.6) is 11.5 Å². The number of nitrogens with zero attached hydrogens (tertiary/aromatic N) is 2. The van der Waals surface area contributed by atoms with Gasteiger partial charge in [-0.2, -0.15) is 0 Å². The van der Waals surface area contributed by atoms with Crippen LogP contribution < -0.4 is 9.47 Å². The number of aliphatic hydroxyl groups is 1. The number of methoxy groups -OCH3 is 2. The van der Waals surface area contributed by atoms with E-state index in [1.54, 1.807) is 48.7 Å². The molecule has 1 aliphatic heterocycles. The van der Waals surface area contributed by atoms with Crippen molar-refractivity contribution in [2.45, 2.75) is 12.6 Å². The van der Waals surface area contributed by atoms with Gasteiger partial charge in [-0.15, -0.1) is 0 Å². The lowest BCUT2D eigenvalue weighted by atomic mass is 9.95. The fourth-order valence-corrected chi connectivity index (χ4v) is 4.81. The van der Waals surface area contributed by atoms with Gasteiger partial charge >= 0.3 is 0 Å². The normalized spacial score (nSPS) is 17.1. The molecule has 1 N–H and O–H groups in total. The van der Waals surface area contributed by atoms with Crippen LogP contribution >= 0.6 is 34.8 Å². The van der Waals surface area contributed by atoms with Gasteiger partial charge in [0.1, 0.15) is 10.8 Å². The van der Waals surface area contributed by atoms with Crippen molar-refractivity contribution in [2.75, 3.05) is 14.2 Å². The van der Waals surface area contributed by atoms with Gasteiger partial charge in [0.15, 0.2) is 11.5 Å². The molecule has 2 heterocycles. The molecule has 0 saturated carbocycles. The van der Waals surface area contributed by atoms with Gasteiger partial charge < -0.3 is 19.5 Å². The highest BCUT2D eigenvalue weighted by Crippen LogP contribution is 2.47. The van der Waals surface area contributed by atoms with Crippen LogP contribution in [0.25, 0.3) is 5.76 Å². The van der Waals surface area contributed by atoms with Crippen LogP contribution in [0.15, 0.2) is 60.3 Å². The summed E-state index contributed by atoms with van der Waals surface area (Å²) in [6, 6.07) is 12.3. The number of halogens is 3. The Morgan fingerprint density at radius 2 is 1.71 bits per heavy atom. The molecule has 1 amide bonds. The van der Waals surface area contributed by atoms with Crippen molar-refractivity contribution in [1.29, 1.82) is 0 Å². The Labute approximate surface area is 216 Å². The molecule has 2 aromatic carbocycles. The number of carbonyl (C=O) groups excluding carboxylic acids is 2. The van der Waals surface area contributed by atoms with Crippen molar-refractivity contribution in [2.24, 2.45) is 0 Å². The first kappa shape index (κ1) is 24.9. The van der Waals surface area contributed by atoms with Gasteiger partial charge in [-0.1, -0.05) is 53.0 Å². The van der Waals surface area contributed by atoms with Crippen molar-refractivity contribution in [3.8, 4) is 11.5 Å². The monoisotopic (exact) mass is 532 g/mol. The number of pyridine rings is 1. The fourth-order valence-electron chi connectivity index (χ4n) is 3.99. The minimum atomic E-state index is -0.932. The van der Waals surface area contributed by atoms with E-state index in [-0.39, 0.29) is 39.2 Å². The zero-order valence-electron chi connectivity index (χ0n) is 18.6. The Morgan fingerprint density at radius 1 is 1.03 bits per heavy atom. The standard InChI is InChI=1S/C25H19Cl3N2O5/c1-34-23-16(11-17(27)24(35-2)19(23)28)21(31)18-20(13-6-8-14(26)9-7-13)30(25(33)22(18)32)12-15-5-3-4-10-29-15/h3-11,20,31H,12H2,1-2H3/b21-18+. The van der Waals surface area contributed by atoms with Gasteiger partial charge in [0.05, 0.1) is 48.7 Å².